The molecule has 1 unspecified atom stereocenters. The van der Waals surface area contributed by atoms with Crippen LogP contribution in [0.5, 0.6) is 0 Å². The zero-order valence-electron chi connectivity index (χ0n) is 9.32. The summed E-state index contributed by atoms with van der Waals surface area (Å²) in [5.74, 6) is -0.980. The predicted molar refractivity (Wildman–Crippen MR) is 57.2 cm³/mol. The topological polar surface area (TPSA) is 79.5 Å². The average molecular weight is 225 g/mol. The second kappa shape index (κ2) is 5.34. The summed E-state index contributed by atoms with van der Waals surface area (Å²) >= 11 is 0. The van der Waals surface area contributed by atoms with Crippen LogP contribution in [0.15, 0.2) is 16.7 Å². The van der Waals surface area contributed by atoms with Gasteiger partial charge in [0.25, 0.3) is 5.91 Å². The van der Waals surface area contributed by atoms with Gasteiger partial charge in [-0.3, -0.25) is 9.59 Å². The summed E-state index contributed by atoms with van der Waals surface area (Å²) in [7, 11) is 0. The maximum atomic E-state index is 11.6. The number of amides is 1. The molecule has 0 bridgehead atoms. The molecule has 0 fully saturated rings. The summed E-state index contributed by atoms with van der Waals surface area (Å²) in [6, 6.07) is 1.59. The fraction of sp³-hybridized carbons (Fsp3) is 0.455. The molecule has 0 aromatic carbocycles. The van der Waals surface area contributed by atoms with Gasteiger partial charge in [0, 0.05) is 6.54 Å². The van der Waals surface area contributed by atoms with E-state index in [0.717, 1.165) is 0 Å². The Kier molecular flexibility index (Phi) is 4.10. The Hall–Kier alpha value is -1.78. The summed E-state index contributed by atoms with van der Waals surface area (Å²) in [6.07, 6.45) is 1.86. The third-order valence-electron chi connectivity index (χ3n) is 2.39. The van der Waals surface area contributed by atoms with Gasteiger partial charge in [0.2, 0.25) is 0 Å². The third-order valence-corrected chi connectivity index (χ3v) is 2.39. The van der Waals surface area contributed by atoms with Crippen molar-refractivity contribution in [2.45, 2.75) is 20.3 Å². The van der Waals surface area contributed by atoms with Crippen LogP contribution in [0.4, 0.5) is 0 Å². The highest BCUT2D eigenvalue weighted by Crippen LogP contribution is 2.08. The van der Waals surface area contributed by atoms with Crippen molar-refractivity contribution >= 4 is 11.9 Å². The molecule has 5 heteroatoms. The van der Waals surface area contributed by atoms with Crippen molar-refractivity contribution in [2.75, 3.05) is 6.54 Å². The first-order valence-electron chi connectivity index (χ1n) is 5.07. The highest BCUT2D eigenvalue weighted by Gasteiger charge is 2.13. The molecule has 16 heavy (non-hydrogen) atoms. The van der Waals surface area contributed by atoms with Gasteiger partial charge in [-0.2, -0.15) is 0 Å². The van der Waals surface area contributed by atoms with Gasteiger partial charge in [0.15, 0.2) is 0 Å². The number of carboxylic acid groups (broad SMARTS) is 1. The highest BCUT2D eigenvalue weighted by atomic mass is 16.4. The standard InChI is InChI=1S/C11H15NO4/c1-7(11(14)15)3-5-12-10(13)9-4-6-16-8(9)2/h4,6-7H,3,5H2,1-2H3,(H,12,13)(H,14,15). The highest BCUT2D eigenvalue weighted by molar-refractivity contribution is 5.95. The Bertz CT molecular complexity index is 383. The van der Waals surface area contributed by atoms with Crippen molar-refractivity contribution < 1.29 is 19.1 Å². The smallest absolute Gasteiger partial charge is 0.306 e. The van der Waals surface area contributed by atoms with E-state index < -0.39 is 11.9 Å². The molecule has 1 aromatic heterocycles. The molecule has 0 saturated carbocycles. The molecule has 0 saturated heterocycles. The largest absolute Gasteiger partial charge is 0.481 e. The van der Waals surface area contributed by atoms with Crippen molar-refractivity contribution in [3.63, 3.8) is 0 Å². The molecule has 1 amide bonds. The molecule has 88 valence electrons. The van der Waals surface area contributed by atoms with Crippen molar-refractivity contribution in [3.05, 3.63) is 23.7 Å². The zero-order chi connectivity index (χ0) is 12.1. The monoisotopic (exact) mass is 225 g/mol. The van der Waals surface area contributed by atoms with Crippen LogP contribution < -0.4 is 5.32 Å². The summed E-state index contributed by atoms with van der Waals surface area (Å²) in [6.45, 7) is 3.66. The van der Waals surface area contributed by atoms with Gasteiger partial charge in [-0.25, -0.2) is 0 Å². The molecule has 1 aromatic rings. The van der Waals surface area contributed by atoms with E-state index in [9.17, 15) is 9.59 Å². The minimum absolute atomic E-state index is 0.233. The van der Waals surface area contributed by atoms with Crippen molar-refractivity contribution in [1.29, 1.82) is 0 Å². The van der Waals surface area contributed by atoms with Gasteiger partial charge in [0.1, 0.15) is 5.76 Å². The molecular weight excluding hydrogens is 210 g/mol. The molecular formula is C11H15NO4. The van der Waals surface area contributed by atoms with Crippen LogP contribution in [-0.2, 0) is 4.79 Å². The van der Waals surface area contributed by atoms with Gasteiger partial charge in [-0.1, -0.05) is 6.92 Å². The number of carbonyl (C=O) groups excluding carboxylic acids is 1. The lowest BCUT2D eigenvalue weighted by Gasteiger charge is -2.07. The second-order valence-electron chi connectivity index (χ2n) is 3.67. The number of aryl methyl sites for hydroxylation is 1. The van der Waals surface area contributed by atoms with Gasteiger partial charge in [0.05, 0.1) is 17.7 Å². The van der Waals surface area contributed by atoms with E-state index >= 15 is 0 Å². The lowest BCUT2D eigenvalue weighted by Crippen LogP contribution is -2.27. The molecule has 1 rings (SSSR count). The number of hydrogen-bond acceptors (Lipinski definition) is 3. The molecule has 0 radical (unpaired) electrons. The SMILES string of the molecule is Cc1occc1C(=O)NCCC(C)C(=O)O. The lowest BCUT2D eigenvalue weighted by atomic mass is 10.1. The maximum Gasteiger partial charge on any atom is 0.306 e. The predicted octanol–water partition coefficient (Wildman–Crippen LogP) is 1.43. The Morgan fingerprint density at radius 2 is 2.25 bits per heavy atom. The van der Waals surface area contributed by atoms with Gasteiger partial charge >= 0.3 is 5.97 Å². The van der Waals surface area contributed by atoms with Crippen LogP contribution in [0, 0.1) is 12.8 Å². The van der Waals surface area contributed by atoms with Crippen LogP contribution in [0.2, 0.25) is 0 Å². The van der Waals surface area contributed by atoms with E-state index in [2.05, 4.69) is 5.32 Å². The zero-order valence-corrected chi connectivity index (χ0v) is 9.32. The maximum absolute atomic E-state index is 11.6. The summed E-state index contributed by atoms with van der Waals surface area (Å²) < 4.78 is 5.00. The number of carbonyl (C=O) groups is 2. The first-order chi connectivity index (χ1) is 7.52. The minimum atomic E-state index is -0.853. The Morgan fingerprint density at radius 1 is 1.56 bits per heavy atom. The van der Waals surface area contributed by atoms with E-state index in [0.29, 0.717) is 24.3 Å². The number of rotatable bonds is 5. The van der Waals surface area contributed by atoms with Crippen molar-refractivity contribution in [2.24, 2.45) is 5.92 Å². The Balaban J connectivity index is 2.37. The quantitative estimate of drug-likeness (QED) is 0.794. The summed E-state index contributed by atoms with van der Waals surface area (Å²) in [5.41, 5.74) is 0.489. The average Bonchev–Trinajstić information content (AvgIpc) is 2.64. The molecule has 2 N–H and O–H groups in total. The van der Waals surface area contributed by atoms with Gasteiger partial charge in [-0.15, -0.1) is 0 Å². The van der Waals surface area contributed by atoms with E-state index in [1.54, 1.807) is 19.9 Å². The fourth-order valence-corrected chi connectivity index (χ4v) is 1.24. The van der Waals surface area contributed by atoms with E-state index in [1.165, 1.54) is 6.26 Å². The molecule has 0 aliphatic rings. The molecule has 0 aliphatic heterocycles. The van der Waals surface area contributed by atoms with E-state index in [-0.39, 0.29) is 5.91 Å². The number of furan rings is 1. The molecule has 1 atom stereocenters. The lowest BCUT2D eigenvalue weighted by molar-refractivity contribution is -0.141. The minimum Gasteiger partial charge on any atom is -0.481 e. The first-order valence-corrected chi connectivity index (χ1v) is 5.07. The molecule has 1 heterocycles. The summed E-state index contributed by atoms with van der Waals surface area (Å²) in [4.78, 5) is 22.1. The van der Waals surface area contributed by atoms with Gasteiger partial charge in [-0.05, 0) is 19.4 Å². The van der Waals surface area contributed by atoms with E-state index in [1.807, 2.05) is 0 Å². The third kappa shape index (κ3) is 3.12. The van der Waals surface area contributed by atoms with Crippen LogP contribution in [-0.4, -0.2) is 23.5 Å². The number of hydrogen-bond donors (Lipinski definition) is 2. The van der Waals surface area contributed by atoms with Crippen LogP contribution in [0.3, 0.4) is 0 Å². The fourth-order valence-electron chi connectivity index (χ4n) is 1.24. The van der Waals surface area contributed by atoms with Crippen molar-refractivity contribution in [1.82, 2.24) is 5.32 Å². The molecule has 0 spiro atoms. The van der Waals surface area contributed by atoms with Crippen molar-refractivity contribution in [3.8, 4) is 0 Å². The van der Waals surface area contributed by atoms with Crippen LogP contribution in [0.1, 0.15) is 29.5 Å². The van der Waals surface area contributed by atoms with Gasteiger partial charge < -0.3 is 14.8 Å². The molecule has 5 nitrogen and oxygen atoms in total. The normalized spacial score (nSPS) is 12.1. The van der Waals surface area contributed by atoms with E-state index in [4.69, 9.17) is 9.52 Å². The number of aliphatic carboxylic acids is 1. The first kappa shape index (κ1) is 12.3. The molecule has 0 aliphatic carbocycles. The second-order valence-corrected chi connectivity index (χ2v) is 3.67. The summed E-state index contributed by atoms with van der Waals surface area (Å²) in [5, 5.41) is 11.3. The van der Waals surface area contributed by atoms with Crippen LogP contribution >= 0.6 is 0 Å². The number of carboxylic acids is 1. The Morgan fingerprint density at radius 3 is 2.75 bits per heavy atom. The van der Waals surface area contributed by atoms with Crippen LogP contribution in [0.25, 0.3) is 0 Å². The number of nitrogens with one attached hydrogen (secondary N) is 1. The Labute approximate surface area is 93.4 Å².